The largest absolute Gasteiger partial charge is 0.488 e. The molecule has 176 valence electrons. The van der Waals surface area contributed by atoms with E-state index in [9.17, 15) is 9.59 Å². The minimum Gasteiger partial charge on any atom is -0.488 e. The van der Waals surface area contributed by atoms with Gasteiger partial charge in [-0.25, -0.2) is 4.79 Å². The van der Waals surface area contributed by atoms with Crippen molar-refractivity contribution < 1.29 is 23.8 Å². The number of morpholine rings is 1. The van der Waals surface area contributed by atoms with Crippen molar-refractivity contribution >= 4 is 34.9 Å². The topological polar surface area (TPSA) is 77.1 Å². The predicted molar refractivity (Wildman–Crippen MR) is 131 cm³/mol. The van der Waals surface area contributed by atoms with Crippen molar-refractivity contribution in [1.29, 1.82) is 0 Å². The molecule has 7 nitrogen and oxygen atoms in total. The van der Waals surface area contributed by atoms with Crippen LogP contribution in [0.2, 0.25) is 5.02 Å². The summed E-state index contributed by atoms with van der Waals surface area (Å²) in [5.41, 5.74) is 2.73. The second-order valence-corrected chi connectivity index (χ2v) is 8.05. The Balaban J connectivity index is 1.29. The Morgan fingerprint density at radius 2 is 1.65 bits per heavy atom. The van der Waals surface area contributed by atoms with E-state index >= 15 is 0 Å². The standard InChI is InChI=1S/C26H25ClN2O5/c27-23-7-3-1-5-19(23)17-33-24-8-4-2-6-22(24)26(31)34-18-25(30)28-20-9-11-21(12-10-20)29-13-15-32-16-14-29/h1-12H,13-18H2,(H,28,30). The number of anilines is 2. The van der Waals surface area contributed by atoms with E-state index < -0.39 is 18.5 Å². The first-order valence-electron chi connectivity index (χ1n) is 10.9. The number of rotatable bonds is 8. The summed E-state index contributed by atoms with van der Waals surface area (Å²) < 4.78 is 16.4. The van der Waals surface area contributed by atoms with E-state index in [1.807, 2.05) is 42.5 Å². The Labute approximate surface area is 203 Å². The lowest BCUT2D eigenvalue weighted by molar-refractivity contribution is -0.119. The van der Waals surface area contributed by atoms with Gasteiger partial charge in [-0.15, -0.1) is 0 Å². The summed E-state index contributed by atoms with van der Waals surface area (Å²) in [5, 5.41) is 3.32. The summed E-state index contributed by atoms with van der Waals surface area (Å²) in [6, 6.07) is 21.6. The zero-order valence-electron chi connectivity index (χ0n) is 18.5. The average molecular weight is 481 g/mol. The normalized spacial score (nSPS) is 13.3. The maximum Gasteiger partial charge on any atom is 0.342 e. The highest BCUT2D eigenvalue weighted by Gasteiger charge is 2.16. The van der Waals surface area contributed by atoms with Crippen LogP contribution in [-0.2, 0) is 20.9 Å². The molecule has 0 saturated carbocycles. The smallest absolute Gasteiger partial charge is 0.342 e. The molecule has 0 unspecified atom stereocenters. The van der Waals surface area contributed by atoms with Gasteiger partial charge in [0.2, 0.25) is 0 Å². The summed E-state index contributed by atoms with van der Waals surface area (Å²) in [4.78, 5) is 27.1. The van der Waals surface area contributed by atoms with E-state index in [0.717, 1.165) is 24.3 Å². The number of hydrogen-bond donors (Lipinski definition) is 1. The number of hydrogen-bond acceptors (Lipinski definition) is 6. The van der Waals surface area contributed by atoms with Crippen molar-refractivity contribution in [3.05, 3.63) is 88.9 Å². The number of ether oxygens (including phenoxy) is 3. The van der Waals surface area contributed by atoms with Gasteiger partial charge in [0, 0.05) is 35.1 Å². The van der Waals surface area contributed by atoms with Crippen molar-refractivity contribution in [1.82, 2.24) is 0 Å². The van der Waals surface area contributed by atoms with Crippen molar-refractivity contribution in [3.8, 4) is 5.75 Å². The van der Waals surface area contributed by atoms with Crippen molar-refractivity contribution in [2.24, 2.45) is 0 Å². The van der Waals surface area contributed by atoms with Gasteiger partial charge in [-0.05, 0) is 42.5 Å². The third-order valence-electron chi connectivity index (χ3n) is 5.31. The molecule has 0 atom stereocenters. The number of nitrogens with one attached hydrogen (secondary N) is 1. The minimum atomic E-state index is -0.646. The summed E-state index contributed by atoms with van der Waals surface area (Å²) >= 11 is 6.17. The quantitative estimate of drug-likeness (QED) is 0.476. The number of esters is 1. The number of amides is 1. The molecule has 1 aliphatic heterocycles. The Bertz CT molecular complexity index is 1130. The molecule has 1 amide bonds. The molecule has 0 radical (unpaired) electrons. The first kappa shape index (κ1) is 23.6. The average Bonchev–Trinajstić information content (AvgIpc) is 2.88. The molecule has 4 rings (SSSR count). The summed E-state index contributed by atoms with van der Waals surface area (Å²) in [6.45, 7) is 2.88. The monoisotopic (exact) mass is 480 g/mol. The van der Waals surface area contributed by atoms with E-state index in [1.165, 1.54) is 0 Å². The number of halogens is 1. The molecule has 3 aromatic carbocycles. The molecule has 1 heterocycles. The molecule has 0 aliphatic carbocycles. The van der Waals surface area contributed by atoms with Crippen LogP contribution < -0.4 is 15.0 Å². The molecule has 0 bridgehead atoms. The lowest BCUT2D eigenvalue weighted by atomic mass is 10.2. The Kier molecular flexibility index (Phi) is 8.01. The van der Waals surface area contributed by atoms with Crippen LogP contribution in [0.4, 0.5) is 11.4 Å². The molecular weight excluding hydrogens is 456 g/mol. The van der Waals surface area contributed by atoms with Gasteiger partial charge in [0.05, 0.1) is 13.2 Å². The maximum atomic E-state index is 12.6. The van der Waals surface area contributed by atoms with Crippen LogP contribution in [0.3, 0.4) is 0 Å². The van der Waals surface area contributed by atoms with E-state index in [4.69, 9.17) is 25.8 Å². The van der Waals surface area contributed by atoms with Gasteiger partial charge in [-0.2, -0.15) is 0 Å². The molecule has 1 aliphatic rings. The molecule has 1 saturated heterocycles. The van der Waals surface area contributed by atoms with Gasteiger partial charge in [-0.1, -0.05) is 41.9 Å². The second-order valence-electron chi connectivity index (χ2n) is 7.65. The first-order valence-corrected chi connectivity index (χ1v) is 11.3. The van der Waals surface area contributed by atoms with Gasteiger partial charge in [-0.3, -0.25) is 4.79 Å². The van der Waals surface area contributed by atoms with Crippen molar-refractivity contribution in [2.45, 2.75) is 6.61 Å². The fraction of sp³-hybridized carbons (Fsp3) is 0.231. The molecule has 1 N–H and O–H groups in total. The molecule has 1 fully saturated rings. The van der Waals surface area contributed by atoms with Crippen LogP contribution in [0.5, 0.6) is 5.75 Å². The van der Waals surface area contributed by atoms with Gasteiger partial charge < -0.3 is 24.4 Å². The van der Waals surface area contributed by atoms with E-state index in [0.29, 0.717) is 29.7 Å². The Hall–Kier alpha value is -3.55. The fourth-order valence-corrected chi connectivity index (χ4v) is 3.71. The van der Waals surface area contributed by atoms with Crippen LogP contribution in [0, 0.1) is 0 Å². The number of para-hydroxylation sites is 1. The molecule has 0 spiro atoms. The van der Waals surface area contributed by atoms with E-state index in [1.54, 1.807) is 30.3 Å². The van der Waals surface area contributed by atoms with E-state index in [2.05, 4.69) is 10.2 Å². The number of carbonyl (C=O) groups is 2. The molecule has 34 heavy (non-hydrogen) atoms. The zero-order chi connectivity index (χ0) is 23.8. The molecule has 0 aromatic heterocycles. The van der Waals surface area contributed by atoms with Crippen LogP contribution in [0.1, 0.15) is 15.9 Å². The number of carbonyl (C=O) groups excluding carboxylic acids is 2. The number of nitrogens with zero attached hydrogens (tertiary/aromatic N) is 1. The molecule has 8 heteroatoms. The van der Waals surface area contributed by atoms with Crippen LogP contribution in [0.25, 0.3) is 0 Å². The SMILES string of the molecule is O=C(COC(=O)c1ccccc1OCc1ccccc1Cl)Nc1ccc(N2CCOCC2)cc1. The first-order chi connectivity index (χ1) is 16.6. The fourth-order valence-electron chi connectivity index (χ4n) is 3.52. The van der Waals surface area contributed by atoms with Crippen molar-refractivity contribution in [2.75, 3.05) is 43.1 Å². The van der Waals surface area contributed by atoms with Crippen LogP contribution in [0.15, 0.2) is 72.8 Å². The highest BCUT2D eigenvalue weighted by molar-refractivity contribution is 6.31. The molecular formula is C26H25ClN2O5. The highest BCUT2D eigenvalue weighted by Crippen LogP contribution is 2.23. The number of benzene rings is 3. The highest BCUT2D eigenvalue weighted by atomic mass is 35.5. The second kappa shape index (κ2) is 11.5. The summed E-state index contributed by atoms with van der Waals surface area (Å²) in [5.74, 6) is -0.721. The maximum absolute atomic E-state index is 12.6. The van der Waals surface area contributed by atoms with Gasteiger partial charge in [0.15, 0.2) is 6.61 Å². The third kappa shape index (κ3) is 6.27. The molecule has 3 aromatic rings. The Morgan fingerprint density at radius 1 is 0.941 bits per heavy atom. The Morgan fingerprint density at radius 3 is 2.41 bits per heavy atom. The van der Waals surface area contributed by atoms with Gasteiger partial charge >= 0.3 is 5.97 Å². The summed E-state index contributed by atoms with van der Waals surface area (Å²) in [7, 11) is 0. The van der Waals surface area contributed by atoms with Gasteiger partial charge in [0.25, 0.3) is 5.91 Å². The minimum absolute atomic E-state index is 0.199. The van der Waals surface area contributed by atoms with Crippen molar-refractivity contribution in [3.63, 3.8) is 0 Å². The zero-order valence-corrected chi connectivity index (χ0v) is 19.3. The lowest BCUT2D eigenvalue weighted by Crippen LogP contribution is -2.36. The van der Waals surface area contributed by atoms with Crippen LogP contribution >= 0.6 is 11.6 Å². The third-order valence-corrected chi connectivity index (χ3v) is 5.68. The van der Waals surface area contributed by atoms with Gasteiger partial charge in [0.1, 0.15) is 17.9 Å². The predicted octanol–water partition coefficient (Wildman–Crippen LogP) is 4.55. The van der Waals surface area contributed by atoms with E-state index in [-0.39, 0.29) is 12.2 Å². The summed E-state index contributed by atoms with van der Waals surface area (Å²) in [6.07, 6.45) is 0. The van der Waals surface area contributed by atoms with Crippen LogP contribution in [-0.4, -0.2) is 44.8 Å². The lowest BCUT2D eigenvalue weighted by Gasteiger charge is -2.28.